The average molecular weight is 329 g/mol. The summed E-state index contributed by atoms with van der Waals surface area (Å²) in [7, 11) is -3.46. The first-order valence-corrected chi connectivity index (χ1v) is 9.39. The van der Waals surface area contributed by atoms with Crippen LogP contribution < -0.4 is 5.32 Å². The number of hydrogen-bond donors (Lipinski definition) is 1. The van der Waals surface area contributed by atoms with E-state index in [-0.39, 0.29) is 4.90 Å². The van der Waals surface area contributed by atoms with Crippen molar-refractivity contribution in [3.63, 3.8) is 0 Å². The SMILES string of the molecule is O=S(=O)(c1ccccc1Cl)N1CCC(C2CCCN2)CC1. The van der Waals surface area contributed by atoms with Gasteiger partial charge in [-0.15, -0.1) is 0 Å². The minimum Gasteiger partial charge on any atom is -0.314 e. The molecule has 2 aliphatic heterocycles. The van der Waals surface area contributed by atoms with Crippen LogP contribution in [0.15, 0.2) is 29.2 Å². The van der Waals surface area contributed by atoms with Crippen molar-refractivity contribution in [1.82, 2.24) is 9.62 Å². The summed E-state index contributed by atoms with van der Waals surface area (Å²) in [5.41, 5.74) is 0. The van der Waals surface area contributed by atoms with Gasteiger partial charge in [0.05, 0.1) is 5.02 Å². The molecule has 2 saturated heterocycles. The molecule has 0 saturated carbocycles. The molecule has 3 rings (SSSR count). The van der Waals surface area contributed by atoms with Gasteiger partial charge in [0, 0.05) is 19.1 Å². The quantitative estimate of drug-likeness (QED) is 0.927. The van der Waals surface area contributed by atoms with E-state index in [0.717, 1.165) is 19.4 Å². The van der Waals surface area contributed by atoms with Gasteiger partial charge < -0.3 is 5.32 Å². The fourth-order valence-corrected chi connectivity index (χ4v) is 5.39. The van der Waals surface area contributed by atoms with Crippen molar-refractivity contribution in [2.75, 3.05) is 19.6 Å². The zero-order chi connectivity index (χ0) is 14.9. The fraction of sp³-hybridized carbons (Fsp3) is 0.600. The lowest BCUT2D eigenvalue weighted by atomic mass is 9.89. The second-order valence-corrected chi connectivity index (χ2v) is 8.19. The van der Waals surface area contributed by atoms with E-state index in [1.165, 1.54) is 12.8 Å². The van der Waals surface area contributed by atoms with Crippen LogP contribution >= 0.6 is 11.6 Å². The topological polar surface area (TPSA) is 49.4 Å². The van der Waals surface area contributed by atoms with E-state index in [1.807, 2.05) is 0 Å². The van der Waals surface area contributed by atoms with Gasteiger partial charge in [-0.25, -0.2) is 8.42 Å². The van der Waals surface area contributed by atoms with Gasteiger partial charge in [-0.1, -0.05) is 23.7 Å². The summed E-state index contributed by atoms with van der Waals surface area (Å²) in [6, 6.07) is 7.26. The molecule has 116 valence electrons. The van der Waals surface area contributed by atoms with E-state index in [2.05, 4.69) is 5.32 Å². The zero-order valence-corrected chi connectivity index (χ0v) is 13.5. The van der Waals surface area contributed by atoms with Crippen molar-refractivity contribution in [1.29, 1.82) is 0 Å². The maximum Gasteiger partial charge on any atom is 0.244 e. The number of rotatable bonds is 3. The second-order valence-electron chi connectivity index (χ2n) is 5.87. The fourth-order valence-electron chi connectivity index (χ4n) is 3.43. The molecule has 0 aromatic heterocycles. The zero-order valence-electron chi connectivity index (χ0n) is 12.0. The van der Waals surface area contributed by atoms with Crippen LogP contribution in [-0.4, -0.2) is 38.4 Å². The van der Waals surface area contributed by atoms with Gasteiger partial charge in [-0.05, 0) is 50.3 Å². The summed E-state index contributed by atoms with van der Waals surface area (Å²) in [6.07, 6.45) is 4.33. The Morgan fingerprint density at radius 2 is 1.86 bits per heavy atom. The van der Waals surface area contributed by atoms with Crippen molar-refractivity contribution in [2.24, 2.45) is 5.92 Å². The highest BCUT2D eigenvalue weighted by atomic mass is 35.5. The van der Waals surface area contributed by atoms with Crippen molar-refractivity contribution in [3.05, 3.63) is 29.3 Å². The summed E-state index contributed by atoms with van der Waals surface area (Å²) in [6.45, 7) is 2.29. The lowest BCUT2D eigenvalue weighted by molar-refractivity contribution is 0.234. The molecule has 2 heterocycles. The molecule has 0 bridgehead atoms. The molecule has 1 aromatic carbocycles. The first-order valence-electron chi connectivity index (χ1n) is 7.57. The largest absolute Gasteiger partial charge is 0.314 e. The Morgan fingerprint density at radius 1 is 1.14 bits per heavy atom. The van der Waals surface area contributed by atoms with Gasteiger partial charge in [0.2, 0.25) is 10.0 Å². The smallest absolute Gasteiger partial charge is 0.244 e. The normalized spacial score (nSPS) is 25.3. The number of piperidine rings is 1. The van der Waals surface area contributed by atoms with Crippen LogP contribution in [0.5, 0.6) is 0 Å². The van der Waals surface area contributed by atoms with Gasteiger partial charge >= 0.3 is 0 Å². The molecule has 4 nitrogen and oxygen atoms in total. The Hall–Kier alpha value is -0.620. The van der Waals surface area contributed by atoms with E-state index in [4.69, 9.17) is 11.6 Å². The van der Waals surface area contributed by atoms with Crippen molar-refractivity contribution >= 4 is 21.6 Å². The lowest BCUT2D eigenvalue weighted by Gasteiger charge is -2.34. The molecule has 21 heavy (non-hydrogen) atoms. The Morgan fingerprint density at radius 3 is 2.48 bits per heavy atom. The maximum absolute atomic E-state index is 12.7. The molecule has 0 radical (unpaired) electrons. The van der Waals surface area contributed by atoms with Crippen LogP contribution in [0.2, 0.25) is 5.02 Å². The minimum atomic E-state index is -3.46. The van der Waals surface area contributed by atoms with Crippen LogP contribution in [0.4, 0.5) is 0 Å². The predicted octanol–water partition coefficient (Wildman–Crippen LogP) is 2.49. The van der Waals surface area contributed by atoms with Crippen LogP contribution in [0.25, 0.3) is 0 Å². The third-order valence-corrected chi connectivity index (χ3v) is 7.02. The van der Waals surface area contributed by atoms with Crippen molar-refractivity contribution in [2.45, 2.75) is 36.6 Å². The molecule has 0 amide bonds. The van der Waals surface area contributed by atoms with E-state index < -0.39 is 10.0 Å². The summed E-state index contributed by atoms with van der Waals surface area (Å²) in [5.74, 6) is 0.602. The molecule has 0 spiro atoms. The monoisotopic (exact) mass is 328 g/mol. The predicted molar refractivity (Wildman–Crippen MR) is 84.0 cm³/mol. The Bertz CT molecular complexity index is 591. The molecule has 1 atom stereocenters. The summed E-state index contributed by atoms with van der Waals surface area (Å²) in [5, 5.41) is 3.83. The number of halogens is 1. The van der Waals surface area contributed by atoms with Gasteiger partial charge in [-0.2, -0.15) is 4.31 Å². The minimum absolute atomic E-state index is 0.226. The molecule has 0 aliphatic carbocycles. The Kier molecular flexibility index (Phi) is 4.54. The summed E-state index contributed by atoms with van der Waals surface area (Å²) >= 11 is 6.04. The number of benzene rings is 1. The van der Waals surface area contributed by atoms with Gasteiger partial charge in [0.1, 0.15) is 4.90 Å². The standard InChI is InChI=1S/C15H21ClN2O2S/c16-13-4-1-2-6-15(13)21(19,20)18-10-7-12(8-11-18)14-5-3-9-17-14/h1-2,4,6,12,14,17H,3,5,7-11H2. The number of hydrogen-bond acceptors (Lipinski definition) is 3. The van der Waals surface area contributed by atoms with E-state index in [0.29, 0.717) is 30.1 Å². The number of nitrogens with one attached hydrogen (secondary N) is 1. The molecular formula is C15H21ClN2O2S. The molecule has 2 aliphatic rings. The summed E-state index contributed by atoms with van der Waals surface area (Å²) in [4.78, 5) is 0.226. The van der Waals surface area contributed by atoms with E-state index in [9.17, 15) is 8.42 Å². The molecule has 2 fully saturated rings. The van der Waals surface area contributed by atoms with E-state index in [1.54, 1.807) is 28.6 Å². The second kappa shape index (κ2) is 6.24. The first kappa shape index (κ1) is 15.3. The highest BCUT2D eigenvalue weighted by Crippen LogP contribution is 2.30. The Labute approximate surface area is 131 Å². The summed E-state index contributed by atoms with van der Waals surface area (Å²) < 4.78 is 26.9. The molecule has 1 unspecified atom stereocenters. The molecule has 1 aromatic rings. The third kappa shape index (κ3) is 3.11. The van der Waals surface area contributed by atoms with Crippen LogP contribution in [0.1, 0.15) is 25.7 Å². The highest BCUT2D eigenvalue weighted by Gasteiger charge is 2.34. The molecular weight excluding hydrogens is 308 g/mol. The van der Waals surface area contributed by atoms with Crippen LogP contribution in [0.3, 0.4) is 0 Å². The average Bonchev–Trinajstić information content (AvgIpc) is 3.02. The first-order chi connectivity index (χ1) is 10.1. The van der Waals surface area contributed by atoms with Gasteiger partial charge in [0.25, 0.3) is 0 Å². The number of nitrogens with zero attached hydrogens (tertiary/aromatic N) is 1. The van der Waals surface area contributed by atoms with Crippen LogP contribution in [0, 0.1) is 5.92 Å². The van der Waals surface area contributed by atoms with Crippen molar-refractivity contribution in [3.8, 4) is 0 Å². The van der Waals surface area contributed by atoms with Gasteiger partial charge in [0.15, 0.2) is 0 Å². The number of sulfonamides is 1. The molecule has 1 N–H and O–H groups in total. The van der Waals surface area contributed by atoms with Crippen molar-refractivity contribution < 1.29 is 8.42 Å². The Balaban J connectivity index is 1.70. The highest BCUT2D eigenvalue weighted by molar-refractivity contribution is 7.89. The third-order valence-electron chi connectivity index (χ3n) is 4.62. The molecule has 6 heteroatoms. The van der Waals surface area contributed by atoms with E-state index >= 15 is 0 Å². The van der Waals surface area contributed by atoms with Crippen LogP contribution in [-0.2, 0) is 10.0 Å². The van der Waals surface area contributed by atoms with Gasteiger partial charge in [-0.3, -0.25) is 0 Å². The maximum atomic E-state index is 12.7. The lowest BCUT2D eigenvalue weighted by Crippen LogP contribution is -2.43.